The molecule has 3 aliphatic heterocycles. The van der Waals surface area contributed by atoms with E-state index in [1.807, 2.05) is 35.2 Å². The predicted molar refractivity (Wildman–Crippen MR) is 150 cm³/mol. The van der Waals surface area contributed by atoms with E-state index in [-0.39, 0.29) is 18.7 Å². The van der Waals surface area contributed by atoms with Crippen LogP contribution >= 0.6 is 0 Å². The summed E-state index contributed by atoms with van der Waals surface area (Å²) in [6.45, 7) is 2.64. The molecule has 2 saturated heterocycles. The van der Waals surface area contributed by atoms with Crippen molar-refractivity contribution in [2.24, 2.45) is 11.7 Å². The van der Waals surface area contributed by atoms with Gasteiger partial charge in [0.25, 0.3) is 0 Å². The average Bonchev–Trinajstić information content (AvgIpc) is 3.51. The number of piperidine rings is 1. The Balaban J connectivity index is 1.11. The van der Waals surface area contributed by atoms with Crippen LogP contribution in [0.25, 0.3) is 0 Å². The molecule has 3 heterocycles. The van der Waals surface area contributed by atoms with Crippen molar-refractivity contribution in [3.63, 3.8) is 0 Å². The van der Waals surface area contributed by atoms with Crippen molar-refractivity contribution in [1.82, 2.24) is 9.80 Å². The number of rotatable bonds is 8. The molecule has 208 valence electrons. The fraction of sp³-hybridized carbons (Fsp3) is 0.548. The molecule has 2 bridgehead atoms. The van der Waals surface area contributed by atoms with Crippen molar-refractivity contribution in [3.05, 3.63) is 53.6 Å². The number of carbonyl (C=O) groups is 2. The maximum absolute atomic E-state index is 13.5. The van der Waals surface area contributed by atoms with Gasteiger partial charge in [0.1, 0.15) is 0 Å². The Kier molecular flexibility index (Phi) is 7.64. The first-order valence-electron chi connectivity index (χ1n) is 14.6. The van der Waals surface area contributed by atoms with Gasteiger partial charge in [0.15, 0.2) is 11.5 Å². The van der Waals surface area contributed by atoms with Crippen LogP contribution in [0.3, 0.4) is 0 Å². The lowest BCUT2D eigenvalue weighted by Crippen LogP contribution is -2.48. The molecule has 6 rings (SSSR count). The highest BCUT2D eigenvalue weighted by Gasteiger charge is 2.41. The molecule has 3 atom stereocenters. The van der Waals surface area contributed by atoms with E-state index in [4.69, 9.17) is 15.2 Å². The normalized spacial score (nSPS) is 24.5. The molecule has 0 spiro atoms. The molecule has 4 aliphatic rings. The van der Waals surface area contributed by atoms with Gasteiger partial charge in [0.05, 0.1) is 0 Å². The number of nitrogens with two attached hydrogens (primary N) is 1. The molecular weight excluding hydrogens is 492 g/mol. The lowest BCUT2D eigenvalue weighted by Gasteiger charge is -2.40. The van der Waals surface area contributed by atoms with Gasteiger partial charge >= 0.3 is 6.03 Å². The van der Waals surface area contributed by atoms with E-state index >= 15 is 0 Å². The van der Waals surface area contributed by atoms with Crippen LogP contribution in [0.4, 0.5) is 10.5 Å². The molecule has 8 heteroatoms. The molecule has 1 saturated carbocycles. The van der Waals surface area contributed by atoms with E-state index in [9.17, 15) is 9.59 Å². The number of anilines is 1. The second kappa shape index (κ2) is 11.5. The van der Waals surface area contributed by atoms with E-state index in [0.717, 1.165) is 38.2 Å². The topological polar surface area (TPSA) is 97.1 Å². The fourth-order valence-electron chi connectivity index (χ4n) is 7.23. The van der Waals surface area contributed by atoms with E-state index in [2.05, 4.69) is 16.3 Å². The summed E-state index contributed by atoms with van der Waals surface area (Å²) in [4.78, 5) is 29.9. The Morgan fingerprint density at radius 2 is 1.72 bits per heavy atom. The third kappa shape index (κ3) is 5.86. The summed E-state index contributed by atoms with van der Waals surface area (Å²) >= 11 is 0. The highest BCUT2D eigenvalue weighted by molar-refractivity contribution is 5.93. The molecule has 2 aromatic rings. The third-order valence-electron chi connectivity index (χ3n) is 9.27. The Bertz CT molecular complexity index is 1180. The van der Waals surface area contributed by atoms with Gasteiger partial charge in [0.2, 0.25) is 12.7 Å². The third-order valence-corrected chi connectivity index (χ3v) is 9.27. The first kappa shape index (κ1) is 26.0. The average molecular weight is 533 g/mol. The number of ether oxygens (including phenoxy) is 2. The molecule has 3 N–H and O–H groups in total. The van der Waals surface area contributed by atoms with Crippen LogP contribution in [-0.2, 0) is 0 Å². The molecule has 3 fully saturated rings. The molecular formula is C31H40N4O4. The summed E-state index contributed by atoms with van der Waals surface area (Å²) in [5.74, 6) is 2.04. The van der Waals surface area contributed by atoms with Crippen LogP contribution in [0.5, 0.6) is 11.5 Å². The number of benzene rings is 2. The van der Waals surface area contributed by atoms with Crippen LogP contribution in [0.2, 0.25) is 0 Å². The fourth-order valence-corrected chi connectivity index (χ4v) is 7.23. The van der Waals surface area contributed by atoms with Crippen molar-refractivity contribution in [3.8, 4) is 11.5 Å². The molecule has 8 nitrogen and oxygen atoms in total. The Morgan fingerprint density at radius 3 is 2.49 bits per heavy atom. The Morgan fingerprint density at radius 1 is 0.949 bits per heavy atom. The quantitative estimate of drug-likeness (QED) is 0.478. The van der Waals surface area contributed by atoms with Crippen molar-refractivity contribution in [1.29, 1.82) is 0 Å². The van der Waals surface area contributed by atoms with Gasteiger partial charge in [-0.3, -0.25) is 9.69 Å². The summed E-state index contributed by atoms with van der Waals surface area (Å²) in [6.07, 6.45) is 10.8. The molecule has 0 unspecified atom stereocenters. The minimum atomic E-state index is -0.366. The van der Waals surface area contributed by atoms with Gasteiger partial charge in [0, 0.05) is 49.0 Å². The van der Waals surface area contributed by atoms with Crippen LogP contribution in [-0.4, -0.2) is 60.2 Å². The van der Waals surface area contributed by atoms with Crippen LogP contribution in [0, 0.1) is 5.92 Å². The van der Waals surface area contributed by atoms with E-state index in [1.165, 1.54) is 50.5 Å². The highest BCUT2D eigenvalue weighted by Crippen LogP contribution is 2.43. The van der Waals surface area contributed by atoms with Crippen molar-refractivity contribution in [2.75, 3.05) is 31.7 Å². The predicted octanol–water partition coefficient (Wildman–Crippen LogP) is 5.34. The van der Waals surface area contributed by atoms with Gasteiger partial charge in [-0.1, -0.05) is 31.4 Å². The Labute approximate surface area is 230 Å². The second-order valence-corrected chi connectivity index (χ2v) is 11.7. The SMILES string of the molecule is NC(=O)c1cccc([C@H]2C[C@H]3CC[C@@H](C2)N3CCN(CC2CCCCC2)C(=O)Nc2ccc3c(c2)OCO3)c1. The number of primary amides is 1. The molecule has 2 aromatic carbocycles. The molecule has 39 heavy (non-hydrogen) atoms. The number of nitrogens with one attached hydrogen (secondary N) is 1. The van der Waals surface area contributed by atoms with Gasteiger partial charge in [-0.2, -0.15) is 0 Å². The van der Waals surface area contributed by atoms with E-state index in [0.29, 0.717) is 41.0 Å². The van der Waals surface area contributed by atoms with Crippen LogP contribution < -0.4 is 20.5 Å². The van der Waals surface area contributed by atoms with E-state index in [1.54, 1.807) is 6.07 Å². The van der Waals surface area contributed by atoms with Crippen molar-refractivity contribution < 1.29 is 19.1 Å². The summed E-state index contributed by atoms with van der Waals surface area (Å²) in [5, 5.41) is 3.13. The summed E-state index contributed by atoms with van der Waals surface area (Å²) in [5.41, 5.74) is 8.09. The van der Waals surface area contributed by atoms with Crippen molar-refractivity contribution >= 4 is 17.6 Å². The number of nitrogens with zero attached hydrogens (tertiary/aromatic N) is 2. The number of hydrogen-bond acceptors (Lipinski definition) is 5. The first-order valence-corrected chi connectivity index (χ1v) is 14.6. The van der Waals surface area contributed by atoms with Crippen LogP contribution in [0.15, 0.2) is 42.5 Å². The number of amides is 3. The number of urea groups is 1. The van der Waals surface area contributed by atoms with Crippen LogP contribution in [0.1, 0.15) is 79.6 Å². The highest BCUT2D eigenvalue weighted by atomic mass is 16.7. The smallest absolute Gasteiger partial charge is 0.321 e. The molecule has 0 aromatic heterocycles. The second-order valence-electron chi connectivity index (χ2n) is 11.7. The zero-order valence-corrected chi connectivity index (χ0v) is 22.6. The molecule has 1 aliphatic carbocycles. The van der Waals surface area contributed by atoms with Gasteiger partial charge in [-0.25, -0.2) is 4.79 Å². The lowest BCUT2D eigenvalue weighted by molar-refractivity contribution is 0.0999. The number of hydrogen-bond donors (Lipinski definition) is 2. The van der Waals surface area contributed by atoms with Gasteiger partial charge in [-0.15, -0.1) is 0 Å². The maximum Gasteiger partial charge on any atom is 0.321 e. The van der Waals surface area contributed by atoms with Crippen molar-refractivity contribution in [2.45, 2.75) is 75.8 Å². The molecule has 0 radical (unpaired) electrons. The largest absolute Gasteiger partial charge is 0.454 e. The zero-order chi connectivity index (χ0) is 26.8. The minimum absolute atomic E-state index is 0.0371. The summed E-state index contributed by atoms with van der Waals surface area (Å²) < 4.78 is 10.9. The summed E-state index contributed by atoms with van der Waals surface area (Å²) in [6, 6.07) is 14.4. The van der Waals surface area contributed by atoms with Gasteiger partial charge < -0.3 is 25.4 Å². The first-order chi connectivity index (χ1) is 19.0. The van der Waals surface area contributed by atoms with E-state index < -0.39 is 0 Å². The zero-order valence-electron chi connectivity index (χ0n) is 22.6. The monoisotopic (exact) mass is 532 g/mol. The maximum atomic E-state index is 13.5. The standard InChI is InChI=1S/C31H40N4O4/c32-30(36)23-8-4-7-22(15-23)24-16-26-10-11-27(17-24)35(26)14-13-34(19-21-5-2-1-3-6-21)31(37)33-25-9-12-28-29(18-25)39-20-38-28/h4,7-9,12,15,18,21,24,26-27H,1-3,5-6,10-11,13-14,16-17,19-20H2,(H2,32,36)(H,33,37)/t24-,26+,27-. The molecule has 3 amide bonds. The lowest BCUT2D eigenvalue weighted by atomic mass is 9.84. The number of fused-ring (bicyclic) bond motifs is 3. The summed E-state index contributed by atoms with van der Waals surface area (Å²) in [7, 11) is 0. The Hall–Kier alpha value is -3.26. The number of carbonyl (C=O) groups excluding carboxylic acids is 2. The minimum Gasteiger partial charge on any atom is -0.454 e. The van der Waals surface area contributed by atoms with Gasteiger partial charge in [-0.05, 0) is 80.2 Å².